The van der Waals surface area contributed by atoms with Gasteiger partial charge in [-0.15, -0.1) is 0 Å². The summed E-state index contributed by atoms with van der Waals surface area (Å²) >= 11 is 0. The number of anilines is 2. The van der Waals surface area contributed by atoms with Crippen LogP contribution in [-0.4, -0.2) is 36.0 Å². The minimum atomic E-state index is 0.831. The van der Waals surface area contributed by atoms with Crippen molar-refractivity contribution < 1.29 is 0 Å². The molecule has 0 fully saturated rings. The van der Waals surface area contributed by atoms with E-state index in [1.165, 1.54) is 28.1 Å². The number of para-hydroxylation sites is 1. The molecule has 0 radical (unpaired) electrons. The molecule has 42 heavy (non-hydrogen) atoms. The fourth-order valence-corrected chi connectivity index (χ4v) is 5.58. The van der Waals surface area contributed by atoms with E-state index in [9.17, 15) is 0 Å². The minimum Gasteiger partial charge on any atom is -0.372 e. The summed E-state index contributed by atoms with van der Waals surface area (Å²) in [4.78, 5) is 4.75. The van der Waals surface area contributed by atoms with E-state index >= 15 is 0 Å². The second-order valence-corrected chi connectivity index (χ2v) is 10.5. The van der Waals surface area contributed by atoms with Crippen LogP contribution in [0.4, 0.5) is 11.4 Å². The van der Waals surface area contributed by atoms with Crippen molar-refractivity contribution in [3.63, 3.8) is 0 Å². The van der Waals surface area contributed by atoms with Crippen LogP contribution in [0.5, 0.6) is 0 Å². The summed E-state index contributed by atoms with van der Waals surface area (Å²) in [6.07, 6.45) is 3.09. The second kappa shape index (κ2) is 13.9. The number of rotatable bonds is 12. The largest absolute Gasteiger partial charge is 0.372 e. The Kier molecular flexibility index (Phi) is 9.55. The van der Waals surface area contributed by atoms with Crippen LogP contribution in [-0.2, 0) is 6.42 Å². The van der Waals surface area contributed by atoms with E-state index in [0.717, 1.165) is 55.2 Å². The van der Waals surface area contributed by atoms with Crippen molar-refractivity contribution >= 4 is 23.0 Å². The van der Waals surface area contributed by atoms with Gasteiger partial charge in [0.1, 0.15) is 0 Å². The van der Waals surface area contributed by atoms with Gasteiger partial charge in [0.05, 0.1) is 17.1 Å². The third-order valence-corrected chi connectivity index (χ3v) is 7.95. The molecule has 4 heteroatoms. The van der Waals surface area contributed by atoms with E-state index < -0.39 is 0 Å². The van der Waals surface area contributed by atoms with Crippen molar-refractivity contribution in [2.24, 2.45) is 0 Å². The van der Waals surface area contributed by atoms with Gasteiger partial charge >= 0.3 is 0 Å². The van der Waals surface area contributed by atoms with Crippen molar-refractivity contribution in [2.75, 3.05) is 36.0 Å². The van der Waals surface area contributed by atoms with E-state index in [4.69, 9.17) is 5.10 Å². The van der Waals surface area contributed by atoms with Crippen LogP contribution in [0.2, 0.25) is 0 Å². The normalized spacial score (nSPS) is 11.5. The third-order valence-electron chi connectivity index (χ3n) is 7.95. The summed E-state index contributed by atoms with van der Waals surface area (Å²) in [6, 6.07) is 41.2. The first-order valence-corrected chi connectivity index (χ1v) is 15.2. The van der Waals surface area contributed by atoms with Crippen LogP contribution in [0.1, 0.15) is 44.5 Å². The summed E-state index contributed by atoms with van der Waals surface area (Å²) < 4.78 is 2.07. The van der Waals surface area contributed by atoms with Gasteiger partial charge in [-0.1, -0.05) is 72.8 Å². The second-order valence-electron chi connectivity index (χ2n) is 10.5. The predicted octanol–water partition coefficient (Wildman–Crippen LogP) is 9.02. The highest BCUT2D eigenvalue weighted by Gasteiger charge is 2.14. The Morgan fingerprint density at radius 1 is 0.643 bits per heavy atom. The monoisotopic (exact) mass is 554 g/mol. The summed E-state index contributed by atoms with van der Waals surface area (Å²) in [5.74, 6) is 0. The Labute approximate surface area is 251 Å². The molecule has 5 aromatic rings. The van der Waals surface area contributed by atoms with Gasteiger partial charge in [0, 0.05) is 43.1 Å². The number of nitrogens with zero attached hydrogens (tertiary/aromatic N) is 4. The molecule has 1 heterocycles. The number of aromatic nitrogens is 2. The third kappa shape index (κ3) is 6.66. The minimum absolute atomic E-state index is 0.831. The highest BCUT2D eigenvalue weighted by molar-refractivity contribution is 5.83. The first kappa shape index (κ1) is 28.9. The Balaban J connectivity index is 1.58. The van der Waals surface area contributed by atoms with Crippen molar-refractivity contribution in [1.82, 2.24) is 9.78 Å². The molecule has 214 valence electrons. The van der Waals surface area contributed by atoms with Gasteiger partial charge < -0.3 is 9.80 Å². The molecule has 0 amide bonds. The van der Waals surface area contributed by atoms with Crippen LogP contribution in [0.25, 0.3) is 28.6 Å². The maximum absolute atomic E-state index is 5.15. The lowest BCUT2D eigenvalue weighted by Crippen LogP contribution is -2.21. The van der Waals surface area contributed by atoms with Crippen LogP contribution in [0.3, 0.4) is 0 Å². The van der Waals surface area contributed by atoms with Gasteiger partial charge in [-0.2, -0.15) is 5.10 Å². The molecule has 4 aromatic carbocycles. The maximum atomic E-state index is 5.15. The Morgan fingerprint density at radius 2 is 1.17 bits per heavy atom. The van der Waals surface area contributed by atoms with E-state index in [1.54, 1.807) is 0 Å². The molecule has 0 aliphatic heterocycles. The molecule has 0 bridgehead atoms. The molecule has 0 aliphatic rings. The van der Waals surface area contributed by atoms with Gasteiger partial charge in [0.25, 0.3) is 0 Å². The zero-order valence-electron chi connectivity index (χ0n) is 25.4. The smallest absolute Gasteiger partial charge is 0.0865 e. The molecule has 0 saturated heterocycles. The fourth-order valence-electron chi connectivity index (χ4n) is 5.58. The number of benzene rings is 4. The van der Waals surface area contributed by atoms with Gasteiger partial charge in [0.2, 0.25) is 0 Å². The molecular formula is C38H42N4. The van der Waals surface area contributed by atoms with Crippen LogP contribution in [0.15, 0.2) is 115 Å². The number of hydrogen-bond acceptors (Lipinski definition) is 3. The molecule has 1 aromatic heterocycles. The topological polar surface area (TPSA) is 24.3 Å². The summed E-state index contributed by atoms with van der Waals surface area (Å²) in [5, 5.41) is 5.15. The molecule has 0 N–H and O–H groups in total. The van der Waals surface area contributed by atoms with Crippen molar-refractivity contribution in [1.29, 1.82) is 0 Å². The molecule has 5 rings (SSSR count). The molecular weight excluding hydrogens is 512 g/mol. The average molecular weight is 555 g/mol. The highest BCUT2D eigenvalue weighted by Crippen LogP contribution is 2.30. The lowest BCUT2D eigenvalue weighted by molar-refractivity contribution is 0.865. The lowest BCUT2D eigenvalue weighted by atomic mass is 9.96. The molecule has 0 saturated carbocycles. The standard InChI is InChI=1S/C38H42N4/c1-5-40(6-2)35-23-19-31(20-24-35)33(27-30-15-11-9-12-16-30)28-34-29-38(42(39-34)37-17-13-10-14-18-37)32-21-25-36(26-22-32)41(7-3)8-4/h9-26,28-29H,5-8,27H2,1-4H3. The van der Waals surface area contributed by atoms with Crippen molar-refractivity contribution in [3.8, 4) is 16.9 Å². The van der Waals surface area contributed by atoms with Crippen LogP contribution < -0.4 is 9.80 Å². The van der Waals surface area contributed by atoms with E-state index in [2.05, 4.69) is 157 Å². The molecule has 4 nitrogen and oxygen atoms in total. The molecule has 0 aliphatic carbocycles. The number of hydrogen-bond donors (Lipinski definition) is 0. The maximum Gasteiger partial charge on any atom is 0.0865 e. The lowest BCUT2D eigenvalue weighted by Gasteiger charge is -2.21. The molecule has 0 unspecified atom stereocenters. The van der Waals surface area contributed by atoms with Gasteiger partial charge in [-0.3, -0.25) is 0 Å². The summed E-state index contributed by atoms with van der Waals surface area (Å²) in [7, 11) is 0. The van der Waals surface area contributed by atoms with E-state index in [1.807, 2.05) is 6.07 Å². The zero-order valence-corrected chi connectivity index (χ0v) is 25.4. The summed E-state index contributed by atoms with van der Waals surface area (Å²) in [5.41, 5.74) is 10.5. The Hall–Kier alpha value is -4.57. The first-order valence-electron chi connectivity index (χ1n) is 15.2. The molecule has 0 spiro atoms. The number of allylic oxidation sites excluding steroid dienone is 1. The van der Waals surface area contributed by atoms with Crippen LogP contribution in [0, 0.1) is 0 Å². The van der Waals surface area contributed by atoms with Crippen molar-refractivity contribution in [3.05, 3.63) is 132 Å². The zero-order chi connectivity index (χ0) is 29.3. The fraction of sp³-hybridized carbons (Fsp3) is 0.237. The van der Waals surface area contributed by atoms with E-state index in [-0.39, 0.29) is 0 Å². The van der Waals surface area contributed by atoms with Gasteiger partial charge in [0.15, 0.2) is 0 Å². The Bertz CT molecular complexity index is 1560. The summed E-state index contributed by atoms with van der Waals surface area (Å²) in [6.45, 7) is 12.8. The quantitative estimate of drug-likeness (QED) is 0.154. The average Bonchev–Trinajstić information content (AvgIpc) is 3.47. The van der Waals surface area contributed by atoms with Gasteiger partial charge in [-0.25, -0.2) is 4.68 Å². The van der Waals surface area contributed by atoms with Gasteiger partial charge in [-0.05, 0) is 99.4 Å². The highest BCUT2D eigenvalue weighted by atomic mass is 15.3. The Morgan fingerprint density at radius 3 is 1.71 bits per heavy atom. The van der Waals surface area contributed by atoms with E-state index in [0.29, 0.717) is 0 Å². The first-order chi connectivity index (χ1) is 20.6. The van der Waals surface area contributed by atoms with Crippen molar-refractivity contribution in [2.45, 2.75) is 34.1 Å². The SMILES string of the molecule is CCN(CC)c1ccc(C(=Cc2cc(-c3ccc(N(CC)CC)cc3)n(-c3ccccc3)n2)Cc2ccccc2)cc1. The van der Waals surface area contributed by atoms with Crippen LogP contribution >= 0.6 is 0 Å². The molecule has 0 atom stereocenters. The predicted molar refractivity (Wildman–Crippen MR) is 181 cm³/mol.